The van der Waals surface area contributed by atoms with Gasteiger partial charge in [0.1, 0.15) is 17.4 Å². The van der Waals surface area contributed by atoms with Crippen molar-refractivity contribution in [3.05, 3.63) is 29.8 Å². The molecule has 0 unspecified atom stereocenters. The summed E-state index contributed by atoms with van der Waals surface area (Å²) in [5, 5.41) is 0. The number of hydrogen-bond donors (Lipinski definition) is 0. The molecule has 0 saturated carbocycles. The Hall–Kier alpha value is -1.20. The van der Waals surface area contributed by atoms with Gasteiger partial charge in [-0.2, -0.15) is 0 Å². The molecule has 0 bridgehead atoms. The monoisotopic (exact) mass is 270 g/mol. The van der Waals surface area contributed by atoms with Crippen molar-refractivity contribution >= 4 is 0 Å². The van der Waals surface area contributed by atoms with Crippen molar-refractivity contribution in [3.8, 4) is 5.75 Å². The average molecular weight is 270 g/mol. The number of nitrogens with zero attached hydrogens (tertiary/aromatic N) is 2. The van der Waals surface area contributed by atoms with Crippen LogP contribution < -0.4 is 4.74 Å². The fraction of sp³-hybridized carbons (Fsp3) is 0.571. The third-order valence-electron chi connectivity index (χ3n) is 3.32. The minimum absolute atomic E-state index is 0.260. The van der Waals surface area contributed by atoms with Gasteiger partial charge >= 0.3 is 0 Å². The van der Waals surface area contributed by atoms with Crippen molar-refractivity contribution in [3.63, 3.8) is 0 Å². The number of piperazine rings is 1. The number of rotatable bonds is 5. The Bertz CT molecular complexity index is 386. The first kappa shape index (κ1) is 14.2. The lowest BCUT2D eigenvalue weighted by Crippen LogP contribution is -2.44. The second kappa shape index (κ2) is 6.82. The predicted molar refractivity (Wildman–Crippen MR) is 70.4 cm³/mol. The standard InChI is InChI=1S/C14H20F2N2O/c1-17-4-6-18(7-5-17)3-2-8-19-14-10-12(15)9-13(16)11-14/h9-11H,2-8H2,1H3. The SMILES string of the molecule is CN1CCN(CCCOc2cc(F)cc(F)c2)CC1. The van der Waals surface area contributed by atoms with Gasteiger partial charge in [0.2, 0.25) is 0 Å². The minimum atomic E-state index is -0.603. The smallest absolute Gasteiger partial charge is 0.129 e. The summed E-state index contributed by atoms with van der Waals surface area (Å²) < 4.78 is 31.2. The van der Waals surface area contributed by atoms with Crippen molar-refractivity contribution in [2.75, 3.05) is 46.4 Å². The molecule has 0 aliphatic carbocycles. The third-order valence-corrected chi connectivity index (χ3v) is 3.32. The van der Waals surface area contributed by atoms with E-state index in [1.165, 1.54) is 12.1 Å². The average Bonchev–Trinajstić information content (AvgIpc) is 2.36. The molecule has 19 heavy (non-hydrogen) atoms. The topological polar surface area (TPSA) is 15.7 Å². The zero-order chi connectivity index (χ0) is 13.7. The first-order chi connectivity index (χ1) is 9.13. The van der Waals surface area contributed by atoms with Crippen LogP contribution in [-0.4, -0.2) is 56.2 Å². The maximum atomic E-state index is 12.9. The summed E-state index contributed by atoms with van der Waals surface area (Å²) in [5.74, 6) is -0.945. The molecule has 2 rings (SSSR count). The zero-order valence-electron chi connectivity index (χ0n) is 11.2. The highest BCUT2D eigenvalue weighted by Crippen LogP contribution is 2.15. The molecule has 1 aromatic rings. The van der Waals surface area contributed by atoms with Crippen LogP contribution in [0.5, 0.6) is 5.75 Å². The van der Waals surface area contributed by atoms with Gasteiger partial charge in [-0.15, -0.1) is 0 Å². The molecule has 0 spiro atoms. The summed E-state index contributed by atoms with van der Waals surface area (Å²) >= 11 is 0. The van der Waals surface area contributed by atoms with Gasteiger partial charge in [0, 0.05) is 50.9 Å². The molecule has 106 valence electrons. The third kappa shape index (κ3) is 4.76. The van der Waals surface area contributed by atoms with E-state index < -0.39 is 11.6 Å². The maximum Gasteiger partial charge on any atom is 0.129 e. The molecule has 0 N–H and O–H groups in total. The van der Waals surface area contributed by atoms with Crippen molar-refractivity contribution in [2.45, 2.75) is 6.42 Å². The Morgan fingerprint density at radius 2 is 1.68 bits per heavy atom. The molecule has 1 aromatic carbocycles. The van der Waals surface area contributed by atoms with Gasteiger partial charge in [-0.1, -0.05) is 0 Å². The molecule has 5 heteroatoms. The normalized spacial score (nSPS) is 17.6. The van der Waals surface area contributed by atoms with E-state index in [0.29, 0.717) is 6.61 Å². The van der Waals surface area contributed by atoms with E-state index in [-0.39, 0.29) is 5.75 Å². The van der Waals surface area contributed by atoms with E-state index in [1.54, 1.807) is 0 Å². The highest BCUT2D eigenvalue weighted by Gasteiger charge is 2.12. The molecule has 1 saturated heterocycles. The Kier molecular flexibility index (Phi) is 5.10. The second-order valence-electron chi connectivity index (χ2n) is 4.95. The van der Waals surface area contributed by atoms with Crippen LogP contribution in [0.1, 0.15) is 6.42 Å². The molecule has 1 heterocycles. The van der Waals surface area contributed by atoms with Crippen molar-refractivity contribution in [1.29, 1.82) is 0 Å². The highest BCUT2D eigenvalue weighted by atomic mass is 19.1. The number of benzene rings is 1. The van der Waals surface area contributed by atoms with E-state index >= 15 is 0 Å². The van der Waals surface area contributed by atoms with E-state index in [1.807, 2.05) is 0 Å². The first-order valence-corrected chi connectivity index (χ1v) is 6.63. The van der Waals surface area contributed by atoms with E-state index in [0.717, 1.165) is 45.2 Å². The Balaban J connectivity index is 1.66. The zero-order valence-corrected chi connectivity index (χ0v) is 11.2. The Morgan fingerprint density at radius 1 is 1.05 bits per heavy atom. The fourth-order valence-corrected chi connectivity index (χ4v) is 2.16. The van der Waals surface area contributed by atoms with Crippen LogP contribution in [0.15, 0.2) is 18.2 Å². The Morgan fingerprint density at radius 3 is 2.32 bits per heavy atom. The summed E-state index contributed by atoms with van der Waals surface area (Å²) in [7, 11) is 2.12. The van der Waals surface area contributed by atoms with Crippen molar-refractivity contribution in [2.24, 2.45) is 0 Å². The van der Waals surface area contributed by atoms with Crippen LogP contribution in [0.3, 0.4) is 0 Å². The molecule has 0 aromatic heterocycles. The fourth-order valence-electron chi connectivity index (χ4n) is 2.16. The van der Waals surface area contributed by atoms with Crippen LogP contribution >= 0.6 is 0 Å². The maximum absolute atomic E-state index is 12.9. The van der Waals surface area contributed by atoms with Gasteiger partial charge in [0.25, 0.3) is 0 Å². The van der Waals surface area contributed by atoms with Crippen LogP contribution in [0.2, 0.25) is 0 Å². The molecule has 1 aliphatic heterocycles. The number of hydrogen-bond acceptors (Lipinski definition) is 3. The number of ether oxygens (including phenoxy) is 1. The van der Waals surface area contributed by atoms with E-state index in [4.69, 9.17) is 4.74 Å². The van der Waals surface area contributed by atoms with Gasteiger partial charge < -0.3 is 14.5 Å². The summed E-state index contributed by atoms with van der Waals surface area (Å²) in [6.07, 6.45) is 0.863. The van der Waals surface area contributed by atoms with Gasteiger partial charge in [-0.05, 0) is 13.5 Å². The van der Waals surface area contributed by atoms with Gasteiger partial charge in [-0.25, -0.2) is 8.78 Å². The molecule has 1 fully saturated rings. The molecule has 0 amide bonds. The lowest BCUT2D eigenvalue weighted by atomic mass is 10.3. The van der Waals surface area contributed by atoms with Gasteiger partial charge in [-0.3, -0.25) is 0 Å². The molecule has 0 radical (unpaired) electrons. The molecular weight excluding hydrogens is 250 g/mol. The molecule has 3 nitrogen and oxygen atoms in total. The van der Waals surface area contributed by atoms with E-state index in [2.05, 4.69) is 16.8 Å². The van der Waals surface area contributed by atoms with Crippen LogP contribution in [0, 0.1) is 11.6 Å². The lowest BCUT2D eigenvalue weighted by molar-refractivity contribution is 0.145. The summed E-state index contributed by atoms with van der Waals surface area (Å²) in [4.78, 5) is 4.69. The summed E-state index contributed by atoms with van der Waals surface area (Å²) in [6.45, 7) is 5.78. The quantitative estimate of drug-likeness (QED) is 0.761. The largest absolute Gasteiger partial charge is 0.493 e. The molecule has 0 atom stereocenters. The predicted octanol–water partition coefficient (Wildman–Crippen LogP) is 1.98. The van der Waals surface area contributed by atoms with Crippen molar-refractivity contribution < 1.29 is 13.5 Å². The number of halogens is 2. The van der Waals surface area contributed by atoms with Crippen LogP contribution in [0.4, 0.5) is 8.78 Å². The molecular formula is C14H20F2N2O. The first-order valence-electron chi connectivity index (χ1n) is 6.63. The van der Waals surface area contributed by atoms with Gasteiger partial charge in [0.15, 0.2) is 0 Å². The minimum Gasteiger partial charge on any atom is -0.493 e. The molecule has 1 aliphatic rings. The lowest BCUT2D eigenvalue weighted by Gasteiger charge is -2.32. The Labute approximate surface area is 112 Å². The summed E-state index contributed by atoms with van der Waals surface area (Å²) in [6, 6.07) is 3.26. The van der Waals surface area contributed by atoms with Crippen LogP contribution in [-0.2, 0) is 0 Å². The number of likely N-dealkylation sites (N-methyl/N-ethyl adjacent to an activating group) is 1. The second-order valence-corrected chi connectivity index (χ2v) is 4.95. The summed E-state index contributed by atoms with van der Waals surface area (Å²) in [5.41, 5.74) is 0. The van der Waals surface area contributed by atoms with Crippen molar-refractivity contribution in [1.82, 2.24) is 9.80 Å². The van der Waals surface area contributed by atoms with E-state index in [9.17, 15) is 8.78 Å². The van der Waals surface area contributed by atoms with Gasteiger partial charge in [0.05, 0.1) is 6.61 Å². The van der Waals surface area contributed by atoms with Crippen LogP contribution in [0.25, 0.3) is 0 Å². The highest BCUT2D eigenvalue weighted by molar-refractivity contribution is 5.23.